The lowest BCUT2D eigenvalue weighted by molar-refractivity contribution is 0.0748. The lowest BCUT2D eigenvalue weighted by Gasteiger charge is -2.36. The molecule has 0 saturated carbocycles. The highest BCUT2D eigenvalue weighted by Crippen LogP contribution is 2.28. The van der Waals surface area contributed by atoms with E-state index in [4.69, 9.17) is 4.74 Å². The van der Waals surface area contributed by atoms with E-state index in [0.717, 1.165) is 16.0 Å². The molecule has 3 aromatic rings. The van der Waals surface area contributed by atoms with Crippen molar-refractivity contribution in [2.45, 2.75) is 26.9 Å². The summed E-state index contributed by atoms with van der Waals surface area (Å²) in [7, 11) is 3.14. The maximum atomic E-state index is 13.6. The number of piperazine rings is 1. The molecule has 180 valence electrons. The third-order valence-corrected chi connectivity index (χ3v) is 6.43. The summed E-state index contributed by atoms with van der Waals surface area (Å²) in [5.74, 6) is 0.376. The molecule has 1 saturated heterocycles. The van der Waals surface area contributed by atoms with E-state index in [1.807, 2.05) is 24.3 Å². The van der Waals surface area contributed by atoms with E-state index < -0.39 is 16.8 Å². The molecule has 0 spiro atoms. The Kier molecular flexibility index (Phi) is 6.32. The fourth-order valence-corrected chi connectivity index (χ4v) is 4.65. The van der Waals surface area contributed by atoms with Gasteiger partial charge in [0.15, 0.2) is 0 Å². The van der Waals surface area contributed by atoms with Crippen LogP contribution >= 0.6 is 0 Å². The zero-order chi connectivity index (χ0) is 24.6. The summed E-state index contributed by atoms with van der Waals surface area (Å²) in [4.78, 5) is 56.2. The van der Waals surface area contributed by atoms with Crippen LogP contribution in [0.3, 0.4) is 0 Å². The van der Waals surface area contributed by atoms with Crippen molar-refractivity contribution in [3.05, 3.63) is 67.1 Å². The molecule has 0 aliphatic carbocycles. The van der Waals surface area contributed by atoms with Gasteiger partial charge in [-0.15, -0.1) is 0 Å². The third kappa shape index (κ3) is 3.68. The molecule has 34 heavy (non-hydrogen) atoms. The maximum Gasteiger partial charge on any atom is 0.332 e. The topological polar surface area (TPSA) is 98.8 Å². The summed E-state index contributed by atoms with van der Waals surface area (Å²) in [6.45, 7) is 5.88. The second kappa shape index (κ2) is 9.20. The highest BCUT2D eigenvalue weighted by molar-refractivity contribution is 6.05. The normalized spacial score (nSPS) is 14.0. The number of carbonyl (C=O) groups is 1. The van der Waals surface area contributed by atoms with Gasteiger partial charge in [0.05, 0.1) is 23.7 Å². The average Bonchev–Trinajstić information content (AvgIpc) is 2.86. The number of pyridine rings is 1. The first-order valence-electron chi connectivity index (χ1n) is 11.4. The van der Waals surface area contributed by atoms with Crippen molar-refractivity contribution in [1.29, 1.82) is 0 Å². The van der Waals surface area contributed by atoms with Gasteiger partial charge in [-0.25, -0.2) is 4.79 Å². The van der Waals surface area contributed by atoms with Gasteiger partial charge in [-0.2, -0.15) is 0 Å². The molecule has 3 heterocycles. The van der Waals surface area contributed by atoms with E-state index in [1.165, 1.54) is 22.2 Å². The van der Waals surface area contributed by atoms with Gasteiger partial charge < -0.3 is 14.5 Å². The minimum Gasteiger partial charge on any atom is -0.495 e. The van der Waals surface area contributed by atoms with Crippen molar-refractivity contribution < 1.29 is 9.53 Å². The molecular weight excluding hydrogens is 438 g/mol. The molecule has 0 unspecified atom stereocenters. The van der Waals surface area contributed by atoms with E-state index in [1.54, 1.807) is 25.9 Å². The number of rotatable bonds is 5. The Hall–Kier alpha value is -3.82. The number of amides is 1. The van der Waals surface area contributed by atoms with E-state index in [2.05, 4.69) is 4.90 Å². The highest BCUT2D eigenvalue weighted by atomic mass is 16.5. The monoisotopic (exact) mass is 467 g/mol. The zero-order valence-corrected chi connectivity index (χ0v) is 19.9. The second-order valence-corrected chi connectivity index (χ2v) is 8.18. The Morgan fingerprint density at radius 3 is 2.24 bits per heavy atom. The molecule has 2 aromatic heterocycles. The maximum absolute atomic E-state index is 13.6. The van der Waals surface area contributed by atoms with Gasteiger partial charge >= 0.3 is 5.69 Å². The molecule has 10 heteroatoms. The predicted octanol–water partition coefficient (Wildman–Crippen LogP) is 0.873. The number of hydrogen-bond donors (Lipinski definition) is 0. The molecule has 0 radical (unpaired) electrons. The Morgan fingerprint density at radius 1 is 0.971 bits per heavy atom. The van der Waals surface area contributed by atoms with Crippen LogP contribution in [0.1, 0.15) is 24.2 Å². The number of para-hydroxylation sites is 2. The van der Waals surface area contributed by atoms with Crippen molar-refractivity contribution in [3.8, 4) is 5.75 Å². The van der Waals surface area contributed by atoms with E-state index in [9.17, 15) is 19.2 Å². The van der Waals surface area contributed by atoms with Crippen LogP contribution in [-0.2, 0) is 20.1 Å². The van der Waals surface area contributed by atoms with Crippen LogP contribution in [0.2, 0.25) is 0 Å². The first-order chi connectivity index (χ1) is 16.3. The van der Waals surface area contributed by atoms with Crippen LogP contribution in [0, 0.1) is 0 Å². The fraction of sp³-hybridized carbons (Fsp3) is 0.417. The van der Waals surface area contributed by atoms with Crippen molar-refractivity contribution in [1.82, 2.24) is 18.6 Å². The molecule has 1 fully saturated rings. The fourth-order valence-electron chi connectivity index (χ4n) is 4.65. The molecule has 1 aliphatic heterocycles. The van der Waals surface area contributed by atoms with Gasteiger partial charge in [0.25, 0.3) is 17.0 Å². The van der Waals surface area contributed by atoms with Crippen LogP contribution in [0.25, 0.3) is 11.0 Å². The summed E-state index contributed by atoms with van der Waals surface area (Å²) < 4.78 is 9.18. The molecular formula is C24H29N5O5. The highest BCUT2D eigenvalue weighted by Gasteiger charge is 2.28. The lowest BCUT2D eigenvalue weighted by atomic mass is 10.1. The Balaban J connectivity index is 1.76. The minimum absolute atomic E-state index is 0.0400. The standard InChI is InChI=1S/C24H29N5O5/c1-5-28-19(30)15-16(20-21(28)25(3)24(33)29(6-2)23(20)32)22(31)27-13-11-26(12-14-27)17-9-7-8-10-18(17)34-4/h7-10,15H,5-6,11-14H2,1-4H3. The lowest BCUT2D eigenvalue weighted by Crippen LogP contribution is -2.49. The smallest absolute Gasteiger partial charge is 0.332 e. The van der Waals surface area contributed by atoms with Crippen LogP contribution in [0.15, 0.2) is 44.7 Å². The molecule has 4 rings (SSSR count). The predicted molar refractivity (Wildman–Crippen MR) is 130 cm³/mol. The Labute approximate surface area is 196 Å². The van der Waals surface area contributed by atoms with Crippen LogP contribution in [0.5, 0.6) is 5.75 Å². The number of aromatic nitrogens is 3. The van der Waals surface area contributed by atoms with E-state index >= 15 is 0 Å². The SMILES string of the molecule is CCn1c(=O)c2c(C(=O)N3CCN(c4ccccc4OC)CC3)cc(=O)n(CC)c2n(C)c1=O. The molecule has 10 nitrogen and oxygen atoms in total. The minimum atomic E-state index is -0.557. The molecule has 1 amide bonds. The van der Waals surface area contributed by atoms with Crippen LogP contribution in [-0.4, -0.2) is 57.8 Å². The largest absolute Gasteiger partial charge is 0.495 e. The quantitative estimate of drug-likeness (QED) is 0.552. The summed E-state index contributed by atoms with van der Waals surface area (Å²) in [5, 5.41) is 0.0996. The Bertz CT molecular complexity index is 1430. The molecule has 0 N–H and O–H groups in total. The summed E-state index contributed by atoms with van der Waals surface area (Å²) in [6, 6.07) is 8.94. The van der Waals surface area contributed by atoms with E-state index in [0.29, 0.717) is 26.2 Å². The first kappa shape index (κ1) is 23.3. The number of carbonyl (C=O) groups excluding carboxylic acids is 1. The number of anilines is 1. The zero-order valence-electron chi connectivity index (χ0n) is 19.9. The van der Waals surface area contributed by atoms with Crippen molar-refractivity contribution in [2.75, 3.05) is 38.2 Å². The van der Waals surface area contributed by atoms with Gasteiger partial charge in [-0.3, -0.25) is 28.1 Å². The van der Waals surface area contributed by atoms with Crippen molar-refractivity contribution in [3.63, 3.8) is 0 Å². The van der Waals surface area contributed by atoms with Gasteiger partial charge in [-0.1, -0.05) is 12.1 Å². The number of aryl methyl sites for hydroxylation is 2. The Morgan fingerprint density at radius 2 is 1.62 bits per heavy atom. The summed E-state index contributed by atoms with van der Waals surface area (Å²) in [6.07, 6.45) is 0. The van der Waals surface area contributed by atoms with Gasteiger partial charge in [0.2, 0.25) is 0 Å². The van der Waals surface area contributed by atoms with E-state index in [-0.39, 0.29) is 35.6 Å². The van der Waals surface area contributed by atoms with Gasteiger partial charge in [0, 0.05) is 52.4 Å². The number of ether oxygens (including phenoxy) is 1. The van der Waals surface area contributed by atoms with Crippen LogP contribution < -0.4 is 26.4 Å². The molecule has 1 aromatic carbocycles. The van der Waals surface area contributed by atoms with Crippen molar-refractivity contribution >= 4 is 22.6 Å². The number of methoxy groups -OCH3 is 1. The summed E-state index contributed by atoms with van der Waals surface area (Å²) in [5.41, 5.74) is -0.331. The van der Waals surface area contributed by atoms with Gasteiger partial charge in [-0.05, 0) is 26.0 Å². The van der Waals surface area contributed by atoms with Crippen LogP contribution in [0.4, 0.5) is 5.69 Å². The number of benzene rings is 1. The average molecular weight is 468 g/mol. The van der Waals surface area contributed by atoms with Crippen molar-refractivity contribution in [2.24, 2.45) is 7.05 Å². The summed E-state index contributed by atoms with van der Waals surface area (Å²) >= 11 is 0. The number of hydrogen-bond acceptors (Lipinski definition) is 6. The molecule has 0 atom stereocenters. The number of nitrogens with zero attached hydrogens (tertiary/aromatic N) is 5. The van der Waals surface area contributed by atoms with Gasteiger partial charge in [0.1, 0.15) is 11.4 Å². The molecule has 1 aliphatic rings. The third-order valence-electron chi connectivity index (χ3n) is 6.43. The molecule has 0 bridgehead atoms. The number of fused-ring (bicyclic) bond motifs is 1. The first-order valence-corrected chi connectivity index (χ1v) is 11.4. The second-order valence-electron chi connectivity index (χ2n) is 8.18.